The molecule has 0 heterocycles. The molecular weight excluding hydrogens is 272 g/mol. The van der Waals surface area contributed by atoms with Crippen molar-refractivity contribution in [3.63, 3.8) is 0 Å². The van der Waals surface area contributed by atoms with E-state index in [0.29, 0.717) is 5.02 Å². The highest BCUT2D eigenvalue weighted by molar-refractivity contribution is 6.31. The van der Waals surface area contributed by atoms with Gasteiger partial charge in [-0.15, -0.1) is 0 Å². The Bertz CT molecular complexity index is 626. The third-order valence-electron chi connectivity index (χ3n) is 3.06. The average molecular weight is 289 g/mol. The molecular formula is C16H17ClN2O. The maximum Gasteiger partial charge on any atom is 0.243 e. The molecule has 2 rings (SSSR count). The summed E-state index contributed by atoms with van der Waals surface area (Å²) in [5.41, 5.74) is 3.80. The minimum atomic E-state index is -0.0985. The number of halogens is 1. The van der Waals surface area contributed by atoms with E-state index in [1.54, 1.807) is 12.1 Å². The molecule has 1 amide bonds. The van der Waals surface area contributed by atoms with Crippen molar-refractivity contribution >= 4 is 28.9 Å². The van der Waals surface area contributed by atoms with Gasteiger partial charge in [-0.1, -0.05) is 35.9 Å². The van der Waals surface area contributed by atoms with Crippen LogP contribution in [0.2, 0.25) is 5.02 Å². The van der Waals surface area contributed by atoms with Crippen LogP contribution in [0.25, 0.3) is 0 Å². The number of carbonyl (C=O) groups excluding carboxylic acids is 1. The normalized spacial score (nSPS) is 10.2. The van der Waals surface area contributed by atoms with Gasteiger partial charge in [0.15, 0.2) is 0 Å². The molecule has 0 aliphatic heterocycles. The lowest BCUT2D eigenvalue weighted by molar-refractivity contribution is -0.114. The number of para-hydroxylation sites is 1. The van der Waals surface area contributed by atoms with E-state index in [4.69, 9.17) is 11.6 Å². The van der Waals surface area contributed by atoms with Crippen molar-refractivity contribution in [2.45, 2.75) is 13.8 Å². The highest BCUT2D eigenvalue weighted by Gasteiger charge is 2.06. The van der Waals surface area contributed by atoms with Crippen molar-refractivity contribution in [2.24, 2.45) is 0 Å². The molecule has 0 aliphatic rings. The number of hydrogen-bond acceptors (Lipinski definition) is 2. The summed E-state index contributed by atoms with van der Waals surface area (Å²) in [5, 5.41) is 6.59. The van der Waals surface area contributed by atoms with Gasteiger partial charge in [-0.25, -0.2) is 0 Å². The van der Waals surface area contributed by atoms with E-state index >= 15 is 0 Å². The number of anilines is 2. The Hall–Kier alpha value is -2.00. The SMILES string of the molecule is Cc1ccccc1NCC(=O)Nc1cc(Cl)ccc1C. The Balaban J connectivity index is 1.96. The first-order valence-electron chi connectivity index (χ1n) is 6.42. The molecule has 2 aromatic rings. The van der Waals surface area contributed by atoms with Crippen LogP contribution in [0, 0.1) is 13.8 Å². The Kier molecular flexibility index (Phi) is 4.64. The van der Waals surface area contributed by atoms with Gasteiger partial charge >= 0.3 is 0 Å². The second-order valence-electron chi connectivity index (χ2n) is 4.68. The van der Waals surface area contributed by atoms with E-state index in [1.807, 2.05) is 44.2 Å². The Morgan fingerprint density at radius 2 is 1.75 bits per heavy atom. The molecule has 20 heavy (non-hydrogen) atoms. The van der Waals surface area contributed by atoms with Gasteiger partial charge in [-0.05, 0) is 43.2 Å². The van der Waals surface area contributed by atoms with Crippen molar-refractivity contribution in [3.8, 4) is 0 Å². The summed E-state index contributed by atoms with van der Waals surface area (Å²) in [5.74, 6) is -0.0985. The highest BCUT2D eigenvalue weighted by Crippen LogP contribution is 2.20. The lowest BCUT2D eigenvalue weighted by atomic mass is 10.2. The first-order valence-corrected chi connectivity index (χ1v) is 6.79. The number of rotatable bonds is 4. The number of nitrogens with one attached hydrogen (secondary N) is 2. The van der Waals surface area contributed by atoms with Crippen LogP contribution < -0.4 is 10.6 Å². The van der Waals surface area contributed by atoms with E-state index in [0.717, 1.165) is 22.5 Å². The summed E-state index contributed by atoms with van der Waals surface area (Å²) in [7, 11) is 0. The van der Waals surface area contributed by atoms with Crippen LogP contribution in [-0.4, -0.2) is 12.5 Å². The van der Waals surface area contributed by atoms with Gasteiger partial charge in [0, 0.05) is 16.4 Å². The Labute approximate surface area is 124 Å². The number of aryl methyl sites for hydroxylation is 2. The van der Waals surface area contributed by atoms with Gasteiger partial charge in [-0.2, -0.15) is 0 Å². The summed E-state index contributed by atoms with van der Waals surface area (Å²) in [6.45, 7) is 4.15. The summed E-state index contributed by atoms with van der Waals surface area (Å²) >= 11 is 5.93. The van der Waals surface area contributed by atoms with Crippen molar-refractivity contribution in [3.05, 3.63) is 58.6 Å². The number of benzene rings is 2. The van der Waals surface area contributed by atoms with E-state index in [9.17, 15) is 4.79 Å². The molecule has 0 saturated heterocycles. The van der Waals surface area contributed by atoms with Crippen LogP contribution in [0.4, 0.5) is 11.4 Å². The molecule has 0 aromatic heterocycles. The van der Waals surface area contributed by atoms with Crippen molar-refractivity contribution < 1.29 is 4.79 Å². The molecule has 0 atom stereocenters. The zero-order valence-electron chi connectivity index (χ0n) is 11.5. The van der Waals surface area contributed by atoms with Gasteiger partial charge in [0.1, 0.15) is 0 Å². The maximum atomic E-state index is 11.9. The fourth-order valence-corrected chi connectivity index (χ4v) is 2.04. The summed E-state index contributed by atoms with van der Waals surface area (Å²) in [4.78, 5) is 11.9. The zero-order valence-corrected chi connectivity index (χ0v) is 12.3. The molecule has 2 aromatic carbocycles. The first kappa shape index (κ1) is 14.4. The number of carbonyl (C=O) groups is 1. The molecule has 0 saturated carbocycles. The fraction of sp³-hybridized carbons (Fsp3) is 0.188. The quantitative estimate of drug-likeness (QED) is 0.892. The molecule has 0 spiro atoms. The van der Waals surface area contributed by atoms with Crippen molar-refractivity contribution in [1.82, 2.24) is 0 Å². The van der Waals surface area contributed by atoms with Crippen molar-refractivity contribution in [2.75, 3.05) is 17.2 Å². The topological polar surface area (TPSA) is 41.1 Å². The van der Waals surface area contributed by atoms with Gasteiger partial charge in [-0.3, -0.25) is 4.79 Å². The molecule has 0 fully saturated rings. The van der Waals surface area contributed by atoms with E-state index in [2.05, 4.69) is 10.6 Å². The summed E-state index contributed by atoms with van der Waals surface area (Å²) in [6.07, 6.45) is 0. The van der Waals surface area contributed by atoms with Gasteiger partial charge < -0.3 is 10.6 Å². The Morgan fingerprint density at radius 3 is 2.50 bits per heavy atom. The largest absolute Gasteiger partial charge is 0.376 e. The van der Waals surface area contributed by atoms with Crippen LogP contribution in [0.1, 0.15) is 11.1 Å². The smallest absolute Gasteiger partial charge is 0.243 e. The van der Waals surface area contributed by atoms with Gasteiger partial charge in [0.05, 0.1) is 6.54 Å². The molecule has 0 bridgehead atoms. The van der Waals surface area contributed by atoms with Gasteiger partial charge in [0.25, 0.3) is 0 Å². The minimum absolute atomic E-state index is 0.0985. The van der Waals surface area contributed by atoms with Gasteiger partial charge in [0.2, 0.25) is 5.91 Å². The standard InChI is InChI=1S/C16H17ClN2O/c1-11-5-3-4-6-14(11)18-10-16(20)19-15-9-13(17)8-7-12(15)2/h3-9,18H,10H2,1-2H3,(H,19,20). The van der Waals surface area contributed by atoms with E-state index in [-0.39, 0.29) is 12.5 Å². The lowest BCUT2D eigenvalue weighted by Gasteiger charge is -2.11. The molecule has 104 valence electrons. The number of amides is 1. The van der Waals surface area contributed by atoms with Crippen LogP contribution in [0.15, 0.2) is 42.5 Å². The molecule has 0 radical (unpaired) electrons. The molecule has 0 aliphatic carbocycles. The third kappa shape index (κ3) is 3.75. The van der Waals surface area contributed by atoms with Crippen LogP contribution in [0.3, 0.4) is 0 Å². The van der Waals surface area contributed by atoms with Crippen LogP contribution >= 0.6 is 11.6 Å². The van der Waals surface area contributed by atoms with Crippen LogP contribution in [-0.2, 0) is 4.79 Å². The lowest BCUT2D eigenvalue weighted by Crippen LogP contribution is -2.22. The fourth-order valence-electron chi connectivity index (χ4n) is 1.87. The van der Waals surface area contributed by atoms with Crippen molar-refractivity contribution in [1.29, 1.82) is 0 Å². The third-order valence-corrected chi connectivity index (χ3v) is 3.29. The summed E-state index contributed by atoms with van der Waals surface area (Å²) in [6, 6.07) is 13.3. The Morgan fingerprint density at radius 1 is 1.05 bits per heavy atom. The van der Waals surface area contributed by atoms with Crippen LogP contribution in [0.5, 0.6) is 0 Å². The predicted molar refractivity (Wildman–Crippen MR) is 84.5 cm³/mol. The minimum Gasteiger partial charge on any atom is -0.376 e. The summed E-state index contributed by atoms with van der Waals surface area (Å²) < 4.78 is 0. The zero-order chi connectivity index (χ0) is 14.5. The second-order valence-corrected chi connectivity index (χ2v) is 5.11. The van der Waals surface area contributed by atoms with E-state index in [1.165, 1.54) is 0 Å². The van der Waals surface area contributed by atoms with E-state index < -0.39 is 0 Å². The first-order chi connectivity index (χ1) is 9.56. The molecule has 0 unspecified atom stereocenters. The molecule has 3 nitrogen and oxygen atoms in total. The second kappa shape index (κ2) is 6.44. The molecule has 4 heteroatoms. The predicted octanol–water partition coefficient (Wildman–Crippen LogP) is 4.01. The highest BCUT2D eigenvalue weighted by atomic mass is 35.5. The average Bonchev–Trinajstić information content (AvgIpc) is 2.42. The maximum absolute atomic E-state index is 11.9. The monoisotopic (exact) mass is 288 g/mol. The number of hydrogen-bond donors (Lipinski definition) is 2. The molecule has 2 N–H and O–H groups in total.